The van der Waals surface area contributed by atoms with Gasteiger partial charge in [-0.2, -0.15) is 0 Å². The first-order valence-corrected chi connectivity index (χ1v) is 10.9. The molecule has 0 bridgehead atoms. The van der Waals surface area contributed by atoms with Crippen molar-refractivity contribution in [2.75, 3.05) is 11.9 Å². The number of hydrogen-bond acceptors (Lipinski definition) is 5. The van der Waals surface area contributed by atoms with Crippen molar-refractivity contribution in [3.63, 3.8) is 0 Å². The molecule has 2 aromatic carbocycles. The molecule has 0 fully saturated rings. The number of H-pyrrole nitrogens is 1. The van der Waals surface area contributed by atoms with Gasteiger partial charge in [0.15, 0.2) is 0 Å². The summed E-state index contributed by atoms with van der Waals surface area (Å²) in [7, 11) is 0. The van der Waals surface area contributed by atoms with Crippen molar-refractivity contribution in [1.29, 1.82) is 0 Å². The molecule has 8 nitrogen and oxygen atoms in total. The fraction of sp³-hybridized carbons (Fsp3) is 0.320. The molecule has 3 rings (SSSR count). The number of fused-ring (bicyclic) bond motifs is 1. The molecule has 9 heteroatoms. The smallest absolute Gasteiger partial charge is 0.408 e. The Morgan fingerprint density at radius 3 is 2.41 bits per heavy atom. The number of carbonyl (C=O) groups is 3. The van der Waals surface area contributed by atoms with Gasteiger partial charge in [-0.05, 0) is 69.7 Å². The molecule has 1 aromatic heterocycles. The van der Waals surface area contributed by atoms with E-state index in [1.54, 1.807) is 64.1 Å². The van der Waals surface area contributed by atoms with E-state index in [1.807, 2.05) is 0 Å². The van der Waals surface area contributed by atoms with Crippen molar-refractivity contribution in [3.8, 4) is 0 Å². The molecule has 0 aliphatic heterocycles. The van der Waals surface area contributed by atoms with Crippen molar-refractivity contribution in [2.45, 2.75) is 45.8 Å². The van der Waals surface area contributed by atoms with Gasteiger partial charge in [-0.25, -0.2) is 14.0 Å². The number of carbonyl (C=O) groups excluding carboxylic acids is 3. The summed E-state index contributed by atoms with van der Waals surface area (Å²) in [6, 6.07) is 11.4. The summed E-state index contributed by atoms with van der Waals surface area (Å²) in [6.07, 6.45) is -0.611. The van der Waals surface area contributed by atoms with E-state index in [0.29, 0.717) is 27.8 Å². The standard InChI is InChI=1S/C25H28FN3O5/c1-5-33-23(31)21-14-16-13-18(10-11-19(16)28-21)27-22(30)20(29-24(32)34-25(2,3)4)12-15-6-8-17(26)9-7-15/h6-11,13-14,20,28H,5,12H2,1-4H3,(H,27,30)(H,29,32)/t20-/m0/s1. The molecule has 0 unspecified atom stereocenters. The molecule has 34 heavy (non-hydrogen) atoms. The number of amides is 2. The minimum atomic E-state index is -0.975. The number of aromatic nitrogens is 1. The number of esters is 1. The first-order valence-electron chi connectivity index (χ1n) is 10.9. The number of aromatic amines is 1. The quantitative estimate of drug-likeness (QED) is 0.440. The minimum Gasteiger partial charge on any atom is -0.461 e. The number of halogens is 1. The van der Waals surface area contributed by atoms with Crippen LogP contribution in [0.25, 0.3) is 10.9 Å². The molecule has 2 amide bonds. The highest BCUT2D eigenvalue weighted by molar-refractivity contribution is 6.00. The number of alkyl carbamates (subject to hydrolysis) is 1. The van der Waals surface area contributed by atoms with Crippen LogP contribution in [0.1, 0.15) is 43.7 Å². The van der Waals surface area contributed by atoms with E-state index in [0.717, 1.165) is 0 Å². The Kier molecular flexibility index (Phi) is 7.55. The summed E-state index contributed by atoms with van der Waals surface area (Å²) in [5, 5.41) is 6.08. The molecule has 3 aromatic rings. The lowest BCUT2D eigenvalue weighted by Crippen LogP contribution is -2.47. The fourth-order valence-electron chi connectivity index (χ4n) is 3.27. The maximum atomic E-state index is 13.3. The van der Waals surface area contributed by atoms with Crippen LogP contribution in [0.2, 0.25) is 0 Å². The maximum Gasteiger partial charge on any atom is 0.408 e. The van der Waals surface area contributed by atoms with Crippen LogP contribution >= 0.6 is 0 Å². The Labute approximate surface area is 196 Å². The van der Waals surface area contributed by atoms with Gasteiger partial charge in [0.1, 0.15) is 23.2 Å². The molecule has 1 heterocycles. The zero-order valence-corrected chi connectivity index (χ0v) is 19.5. The molecule has 180 valence electrons. The summed E-state index contributed by atoms with van der Waals surface area (Å²) in [5.41, 5.74) is 1.41. The van der Waals surface area contributed by atoms with Crippen LogP contribution in [-0.2, 0) is 20.7 Å². The highest BCUT2D eigenvalue weighted by Gasteiger charge is 2.25. The number of hydrogen-bond donors (Lipinski definition) is 3. The van der Waals surface area contributed by atoms with Crippen LogP contribution in [0.3, 0.4) is 0 Å². The average molecular weight is 470 g/mol. The SMILES string of the molecule is CCOC(=O)c1cc2cc(NC(=O)[C@H](Cc3ccc(F)cc3)NC(=O)OC(C)(C)C)ccc2[nH]1. The predicted octanol–water partition coefficient (Wildman–Crippen LogP) is 4.56. The Bertz CT molecular complexity index is 1180. The molecule has 1 atom stereocenters. The van der Waals surface area contributed by atoms with E-state index in [-0.39, 0.29) is 13.0 Å². The van der Waals surface area contributed by atoms with Crippen LogP contribution in [-0.4, -0.2) is 41.2 Å². The fourth-order valence-corrected chi connectivity index (χ4v) is 3.27. The molecular formula is C25H28FN3O5. The van der Waals surface area contributed by atoms with E-state index in [9.17, 15) is 18.8 Å². The highest BCUT2D eigenvalue weighted by atomic mass is 19.1. The second-order valence-corrected chi connectivity index (χ2v) is 8.72. The zero-order valence-electron chi connectivity index (χ0n) is 19.5. The molecule has 0 saturated carbocycles. The average Bonchev–Trinajstić information content (AvgIpc) is 3.17. The van der Waals surface area contributed by atoms with Gasteiger partial charge in [0.05, 0.1) is 6.61 Å². The van der Waals surface area contributed by atoms with E-state index in [1.165, 1.54) is 12.1 Å². The van der Waals surface area contributed by atoms with Gasteiger partial charge in [0.2, 0.25) is 5.91 Å². The lowest BCUT2D eigenvalue weighted by molar-refractivity contribution is -0.118. The van der Waals surface area contributed by atoms with E-state index in [4.69, 9.17) is 9.47 Å². The highest BCUT2D eigenvalue weighted by Crippen LogP contribution is 2.21. The van der Waals surface area contributed by atoms with Crippen LogP contribution in [0.5, 0.6) is 0 Å². The lowest BCUT2D eigenvalue weighted by atomic mass is 10.0. The van der Waals surface area contributed by atoms with Crippen LogP contribution in [0, 0.1) is 5.82 Å². The monoisotopic (exact) mass is 469 g/mol. The van der Waals surface area contributed by atoms with Crippen LogP contribution in [0.15, 0.2) is 48.5 Å². The van der Waals surface area contributed by atoms with Crippen molar-refractivity contribution < 1.29 is 28.2 Å². The zero-order chi connectivity index (χ0) is 24.9. The van der Waals surface area contributed by atoms with Crippen LogP contribution < -0.4 is 10.6 Å². The maximum absolute atomic E-state index is 13.3. The second kappa shape index (κ2) is 10.4. The van der Waals surface area contributed by atoms with Crippen molar-refractivity contribution in [1.82, 2.24) is 10.3 Å². The molecule has 0 aliphatic carbocycles. The van der Waals surface area contributed by atoms with Gasteiger partial charge in [-0.15, -0.1) is 0 Å². The topological polar surface area (TPSA) is 110 Å². The number of nitrogens with one attached hydrogen (secondary N) is 3. The largest absolute Gasteiger partial charge is 0.461 e. The molecule has 0 aliphatic rings. The van der Waals surface area contributed by atoms with E-state index >= 15 is 0 Å². The third-order valence-electron chi connectivity index (χ3n) is 4.74. The molecule has 3 N–H and O–H groups in total. The third-order valence-corrected chi connectivity index (χ3v) is 4.74. The number of anilines is 1. The van der Waals surface area contributed by atoms with Gasteiger partial charge >= 0.3 is 12.1 Å². The van der Waals surface area contributed by atoms with Crippen LogP contribution in [0.4, 0.5) is 14.9 Å². The van der Waals surface area contributed by atoms with Gasteiger partial charge in [0.25, 0.3) is 0 Å². The molecule has 0 radical (unpaired) electrons. The molecular weight excluding hydrogens is 441 g/mol. The number of ether oxygens (including phenoxy) is 2. The van der Waals surface area contributed by atoms with Gasteiger partial charge in [-0.3, -0.25) is 4.79 Å². The van der Waals surface area contributed by atoms with Gasteiger partial charge < -0.3 is 25.1 Å². The molecule has 0 spiro atoms. The summed E-state index contributed by atoms with van der Waals surface area (Å²) in [4.78, 5) is 40.4. The third kappa shape index (κ3) is 6.81. The van der Waals surface area contributed by atoms with Gasteiger partial charge in [-0.1, -0.05) is 12.1 Å². The van der Waals surface area contributed by atoms with Crippen molar-refractivity contribution >= 4 is 34.6 Å². The first kappa shape index (κ1) is 24.8. The molecule has 0 saturated heterocycles. The normalized spacial score (nSPS) is 12.1. The lowest BCUT2D eigenvalue weighted by Gasteiger charge is -2.23. The second-order valence-electron chi connectivity index (χ2n) is 8.72. The first-order chi connectivity index (χ1) is 16.0. The Balaban J connectivity index is 1.78. The van der Waals surface area contributed by atoms with Gasteiger partial charge in [0, 0.05) is 23.0 Å². The van der Waals surface area contributed by atoms with E-state index < -0.39 is 35.4 Å². The summed E-state index contributed by atoms with van der Waals surface area (Å²) in [5.74, 6) is -1.34. The predicted molar refractivity (Wildman–Crippen MR) is 126 cm³/mol. The summed E-state index contributed by atoms with van der Waals surface area (Å²) < 4.78 is 23.6. The Morgan fingerprint density at radius 2 is 1.76 bits per heavy atom. The van der Waals surface area contributed by atoms with Crippen molar-refractivity contribution in [2.24, 2.45) is 0 Å². The van der Waals surface area contributed by atoms with Crippen molar-refractivity contribution in [3.05, 3.63) is 65.6 Å². The van der Waals surface area contributed by atoms with E-state index in [2.05, 4.69) is 15.6 Å². The number of benzene rings is 2. The Hall–Kier alpha value is -3.88. The number of rotatable bonds is 7. The summed E-state index contributed by atoms with van der Waals surface area (Å²) in [6.45, 7) is 7.15. The Morgan fingerprint density at radius 1 is 1.06 bits per heavy atom. The minimum absolute atomic E-state index is 0.130. The summed E-state index contributed by atoms with van der Waals surface area (Å²) >= 11 is 0.